The van der Waals surface area contributed by atoms with Crippen molar-refractivity contribution in [3.63, 3.8) is 0 Å². The second kappa shape index (κ2) is 8.69. The molecule has 3 aromatic rings. The van der Waals surface area contributed by atoms with Crippen LogP contribution in [0.3, 0.4) is 0 Å². The van der Waals surface area contributed by atoms with Crippen LogP contribution in [-0.4, -0.2) is 17.6 Å². The number of rotatable bonds is 6. The fraction of sp³-hybridized carbons (Fsp3) is 0.182. The first-order valence-corrected chi connectivity index (χ1v) is 9.04. The Bertz CT molecular complexity index is 993. The summed E-state index contributed by atoms with van der Waals surface area (Å²) in [5, 5.41) is 0.670. The Balaban J connectivity index is 1.84. The largest absolute Gasteiger partial charge is 0.469 e. The van der Waals surface area contributed by atoms with Crippen LogP contribution < -0.4 is 5.56 Å². The SMILES string of the molecule is COC(=O)CCc1cccc(-c2ccc(=O)n(Cc3ccc(Cl)cc3)c2)c1. The summed E-state index contributed by atoms with van der Waals surface area (Å²) in [6.45, 7) is 0.478. The van der Waals surface area contributed by atoms with E-state index >= 15 is 0 Å². The summed E-state index contributed by atoms with van der Waals surface area (Å²) in [7, 11) is 1.39. The van der Waals surface area contributed by atoms with Gasteiger partial charge in [-0.2, -0.15) is 0 Å². The normalized spacial score (nSPS) is 10.6. The van der Waals surface area contributed by atoms with Gasteiger partial charge in [0, 0.05) is 23.7 Å². The number of nitrogens with zero attached hydrogens (tertiary/aromatic N) is 1. The number of aromatic nitrogens is 1. The van der Waals surface area contributed by atoms with E-state index in [0.29, 0.717) is 24.4 Å². The van der Waals surface area contributed by atoms with Gasteiger partial charge in [-0.05, 0) is 46.9 Å². The van der Waals surface area contributed by atoms with Crippen LogP contribution in [0.1, 0.15) is 17.5 Å². The number of hydrogen-bond donors (Lipinski definition) is 0. The first-order valence-electron chi connectivity index (χ1n) is 8.66. The van der Waals surface area contributed by atoms with Crippen LogP contribution in [0, 0.1) is 0 Å². The maximum absolute atomic E-state index is 12.2. The van der Waals surface area contributed by atoms with Crippen molar-refractivity contribution in [2.75, 3.05) is 7.11 Å². The Kier molecular flexibility index (Phi) is 6.09. The molecule has 0 spiro atoms. The van der Waals surface area contributed by atoms with Gasteiger partial charge in [0.15, 0.2) is 0 Å². The molecule has 0 saturated heterocycles. The number of carbonyl (C=O) groups excluding carboxylic acids is 1. The molecule has 0 fully saturated rings. The van der Waals surface area contributed by atoms with E-state index in [1.807, 2.05) is 60.8 Å². The molecule has 3 rings (SSSR count). The zero-order valence-electron chi connectivity index (χ0n) is 15.0. The molecule has 5 heteroatoms. The standard InChI is InChI=1S/C22H20ClNO3/c1-27-22(26)12-7-16-3-2-4-18(13-16)19-8-11-21(25)24(15-19)14-17-5-9-20(23)10-6-17/h2-6,8-11,13,15H,7,12,14H2,1H3. The molecule has 2 aromatic carbocycles. The number of benzene rings is 2. The van der Waals surface area contributed by atoms with Crippen LogP contribution in [-0.2, 0) is 22.5 Å². The van der Waals surface area contributed by atoms with Gasteiger partial charge in [-0.3, -0.25) is 9.59 Å². The van der Waals surface area contributed by atoms with Crippen molar-refractivity contribution in [2.45, 2.75) is 19.4 Å². The topological polar surface area (TPSA) is 48.3 Å². The molecule has 27 heavy (non-hydrogen) atoms. The number of ether oxygens (including phenoxy) is 1. The highest BCUT2D eigenvalue weighted by molar-refractivity contribution is 6.30. The van der Waals surface area contributed by atoms with Crippen molar-refractivity contribution in [1.29, 1.82) is 0 Å². The summed E-state index contributed by atoms with van der Waals surface area (Å²) >= 11 is 5.92. The smallest absolute Gasteiger partial charge is 0.305 e. The lowest BCUT2D eigenvalue weighted by molar-refractivity contribution is -0.140. The van der Waals surface area contributed by atoms with E-state index in [-0.39, 0.29) is 11.5 Å². The Hall–Kier alpha value is -2.85. The molecule has 0 atom stereocenters. The van der Waals surface area contributed by atoms with Crippen LogP contribution in [0.15, 0.2) is 71.7 Å². The van der Waals surface area contributed by atoms with E-state index in [2.05, 4.69) is 0 Å². The lowest BCUT2D eigenvalue weighted by Crippen LogP contribution is -2.19. The molecule has 0 amide bonds. The number of hydrogen-bond acceptors (Lipinski definition) is 3. The zero-order valence-corrected chi connectivity index (χ0v) is 15.8. The predicted molar refractivity (Wildman–Crippen MR) is 107 cm³/mol. The minimum absolute atomic E-state index is 0.0597. The van der Waals surface area contributed by atoms with Gasteiger partial charge >= 0.3 is 5.97 Å². The number of methoxy groups -OCH3 is 1. The first-order chi connectivity index (χ1) is 13.0. The molecule has 0 radical (unpaired) electrons. The summed E-state index contributed by atoms with van der Waals surface area (Å²) in [5.41, 5.74) is 3.94. The summed E-state index contributed by atoms with van der Waals surface area (Å²) in [4.78, 5) is 23.6. The van der Waals surface area contributed by atoms with Crippen molar-refractivity contribution in [1.82, 2.24) is 4.57 Å². The quantitative estimate of drug-likeness (QED) is 0.597. The minimum Gasteiger partial charge on any atom is -0.469 e. The molecule has 0 aliphatic rings. The van der Waals surface area contributed by atoms with Crippen molar-refractivity contribution in [3.05, 3.63) is 93.4 Å². The van der Waals surface area contributed by atoms with Crippen molar-refractivity contribution in [3.8, 4) is 11.1 Å². The first kappa shape index (κ1) is 18.9. The van der Waals surface area contributed by atoms with Gasteiger partial charge in [0.1, 0.15) is 0 Å². The molecule has 0 N–H and O–H groups in total. The maximum atomic E-state index is 12.2. The molecule has 4 nitrogen and oxygen atoms in total. The molecule has 1 heterocycles. The summed E-state index contributed by atoms with van der Waals surface area (Å²) < 4.78 is 6.37. The highest BCUT2D eigenvalue weighted by atomic mass is 35.5. The lowest BCUT2D eigenvalue weighted by atomic mass is 10.0. The van der Waals surface area contributed by atoms with Gasteiger partial charge in [-0.1, -0.05) is 48.0 Å². The third-order valence-corrected chi connectivity index (χ3v) is 4.61. The number of halogens is 1. The fourth-order valence-corrected chi connectivity index (χ4v) is 2.99. The average Bonchev–Trinajstić information content (AvgIpc) is 2.69. The highest BCUT2D eigenvalue weighted by Crippen LogP contribution is 2.20. The Morgan fingerprint density at radius 1 is 1.00 bits per heavy atom. The van der Waals surface area contributed by atoms with Gasteiger partial charge in [-0.25, -0.2) is 0 Å². The number of pyridine rings is 1. The van der Waals surface area contributed by atoms with Gasteiger partial charge in [-0.15, -0.1) is 0 Å². The Morgan fingerprint density at radius 2 is 1.78 bits per heavy atom. The van der Waals surface area contributed by atoms with Crippen molar-refractivity contribution < 1.29 is 9.53 Å². The van der Waals surface area contributed by atoms with Gasteiger partial charge in [0.05, 0.1) is 13.7 Å². The minimum atomic E-state index is -0.225. The number of esters is 1. The van der Waals surface area contributed by atoms with Gasteiger partial charge < -0.3 is 9.30 Å². The van der Waals surface area contributed by atoms with E-state index < -0.39 is 0 Å². The second-order valence-electron chi connectivity index (χ2n) is 6.29. The molecule has 138 valence electrons. The van der Waals surface area contributed by atoms with E-state index in [1.54, 1.807) is 10.6 Å². The summed E-state index contributed by atoms with van der Waals surface area (Å²) in [6, 6.07) is 18.8. The van der Waals surface area contributed by atoms with E-state index in [9.17, 15) is 9.59 Å². The third-order valence-electron chi connectivity index (χ3n) is 4.36. The van der Waals surface area contributed by atoms with E-state index in [1.165, 1.54) is 7.11 Å². The van der Waals surface area contributed by atoms with Gasteiger partial charge in [0.2, 0.25) is 0 Å². The maximum Gasteiger partial charge on any atom is 0.305 e. The monoisotopic (exact) mass is 381 g/mol. The Labute approximate surface area is 163 Å². The molecular formula is C22H20ClNO3. The number of carbonyl (C=O) groups is 1. The molecular weight excluding hydrogens is 362 g/mol. The molecule has 0 saturated carbocycles. The van der Waals surface area contributed by atoms with Crippen LogP contribution in [0.4, 0.5) is 0 Å². The number of aryl methyl sites for hydroxylation is 1. The molecule has 1 aromatic heterocycles. The predicted octanol–water partition coefficient (Wildman–Crippen LogP) is 4.32. The molecule has 0 aliphatic heterocycles. The van der Waals surface area contributed by atoms with Crippen LogP contribution in [0.2, 0.25) is 5.02 Å². The van der Waals surface area contributed by atoms with Crippen molar-refractivity contribution >= 4 is 17.6 Å². The third kappa shape index (κ3) is 5.08. The fourth-order valence-electron chi connectivity index (χ4n) is 2.87. The molecule has 0 bridgehead atoms. The van der Waals surface area contributed by atoms with Crippen LogP contribution in [0.25, 0.3) is 11.1 Å². The summed E-state index contributed by atoms with van der Waals surface area (Å²) in [5.74, 6) is -0.225. The lowest BCUT2D eigenvalue weighted by Gasteiger charge is -2.10. The summed E-state index contributed by atoms with van der Waals surface area (Å²) in [6.07, 6.45) is 2.82. The van der Waals surface area contributed by atoms with Gasteiger partial charge in [0.25, 0.3) is 5.56 Å². The van der Waals surface area contributed by atoms with E-state index in [4.69, 9.17) is 16.3 Å². The van der Waals surface area contributed by atoms with Crippen molar-refractivity contribution in [2.24, 2.45) is 0 Å². The second-order valence-corrected chi connectivity index (χ2v) is 6.72. The Morgan fingerprint density at radius 3 is 2.52 bits per heavy atom. The molecule has 0 aliphatic carbocycles. The van der Waals surface area contributed by atoms with Crippen LogP contribution in [0.5, 0.6) is 0 Å². The molecule has 0 unspecified atom stereocenters. The average molecular weight is 382 g/mol. The van der Waals surface area contributed by atoms with Crippen LogP contribution >= 0.6 is 11.6 Å². The van der Waals surface area contributed by atoms with E-state index in [0.717, 1.165) is 22.3 Å². The highest BCUT2D eigenvalue weighted by Gasteiger charge is 2.06. The zero-order chi connectivity index (χ0) is 19.2.